The topological polar surface area (TPSA) is 89.4 Å². The summed E-state index contributed by atoms with van der Waals surface area (Å²) < 4.78 is 36.1. The molecule has 0 unspecified atom stereocenters. The lowest BCUT2D eigenvalue weighted by atomic mass is 10.1. The molecule has 0 aromatic heterocycles. The van der Waals surface area contributed by atoms with Crippen LogP contribution in [0.4, 0.5) is 10.1 Å². The summed E-state index contributed by atoms with van der Waals surface area (Å²) >= 11 is 0. The monoisotopic (exact) mass is 273 g/mol. The first-order chi connectivity index (χ1) is 8.38. The van der Waals surface area contributed by atoms with E-state index < -0.39 is 15.8 Å². The molecule has 5 nitrogen and oxygen atoms in total. The molecule has 18 heavy (non-hydrogen) atoms. The fraction of sp³-hybridized carbons (Fsp3) is 0.455. The third-order valence-corrected chi connectivity index (χ3v) is 3.96. The maximum Gasteiger partial charge on any atom is 0.238 e. The second-order valence-corrected chi connectivity index (χ2v) is 6.07. The first-order valence-corrected chi connectivity index (χ1v) is 7.25. The van der Waals surface area contributed by atoms with E-state index in [1.807, 2.05) is 4.90 Å². The van der Waals surface area contributed by atoms with Gasteiger partial charge in [0, 0.05) is 19.1 Å². The van der Waals surface area contributed by atoms with E-state index in [1.165, 1.54) is 12.1 Å². The van der Waals surface area contributed by atoms with E-state index in [2.05, 4.69) is 0 Å². The van der Waals surface area contributed by atoms with E-state index in [1.54, 1.807) is 0 Å². The molecule has 1 fully saturated rings. The molecule has 1 saturated heterocycles. The van der Waals surface area contributed by atoms with Crippen molar-refractivity contribution in [1.29, 1.82) is 0 Å². The van der Waals surface area contributed by atoms with Gasteiger partial charge in [-0.2, -0.15) is 0 Å². The van der Waals surface area contributed by atoms with Crippen molar-refractivity contribution in [3.05, 3.63) is 24.0 Å². The van der Waals surface area contributed by atoms with Crippen LogP contribution in [0, 0.1) is 5.82 Å². The molecule has 1 atom stereocenters. The standard InChI is InChI=1S/C11H16FN3O2S/c12-10-6-9(18(14,16)17)3-4-11(10)15-5-1-2-8(13)7-15/h3-4,6,8H,1-2,5,7,13H2,(H2,14,16,17)/t8-/m1/s1. The van der Waals surface area contributed by atoms with Crippen molar-refractivity contribution in [3.63, 3.8) is 0 Å². The quantitative estimate of drug-likeness (QED) is 0.816. The van der Waals surface area contributed by atoms with Gasteiger partial charge in [-0.1, -0.05) is 0 Å². The Kier molecular flexibility index (Phi) is 3.56. The van der Waals surface area contributed by atoms with Crippen LogP contribution in [0.25, 0.3) is 0 Å². The summed E-state index contributed by atoms with van der Waals surface area (Å²) in [5, 5.41) is 4.95. The molecule has 100 valence electrons. The van der Waals surface area contributed by atoms with Gasteiger partial charge in [-0.15, -0.1) is 0 Å². The van der Waals surface area contributed by atoms with Crippen LogP contribution in [-0.4, -0.2) is 27.5 Å². The van der Waals surface area contributed by atoms with Crippen molar-refractivity contribution in [3.8, 4) is 0 Å². The lowest BCUT2D eigenvalue weighted by molar-refractivity contribution is 0.497. The van der Waals surface area contributed by atoms with Crippen molar-refractivity contribution in [2.75, 3.05) is 18.0 Å². The Morgan fingerprint density at radius 1 is 1.39 bits per heavy atom. The number of piperidine rings is 1. The number of hydrogen-bond acceptors (Lipinski definition) is 4. The van der Waals surface area contributed by atoms with E-state index >= 15 is 0 Å². The Morgan fingerprint density at radius 2 is 2.11 bits per heavy atom. The number of primary sulfonamides is 1. The van der Waals surface area contributed by atoms with Gasteiger partial charge in [0.15, 0.2) is 0 Å². The summed E-state index contributed by atoms with van der Waals surface area (Å²) in [7, 11) is -3.87. The number of halogens is 1. The van der Waals surface area contributed by atoms with Gasteiger partial charge in [-0.25, -0.2) is 17.9 Å². The molecule has 0 saturated carbocycles. The fourth-order valence-corrected chi connectivity index (χ4v) is 2.68. The molecule has 4 N–H and O–H groups in total. The Balaban J connectivity index is 2.30. The van der Waals surface area contributed by atoms with Crippen molar-refractivity contribution in [2.45, 2.75) is 23.8 Å². The van der Waals surface area contributed by atoms with Crippen LogP contribution in [0.2, 0.25) is 0 Å². The number of anilines is 1. The summed E-state index contributed by atoms with van der Waals surface area (Å²) in [4.78, 5) is 1.61. The van der Waals surface area contributed by atoms with Gasteiger partial charge >= 0.3 is 0 Å². The van der Waals surface area contributed by atoms with Crippen LogP contribution in [0.3, 0.4) is 0 Å². The molecule has 1 aromatic rings. The molecular formula is C11H16FN3O2S. The van der Waals surface area contributed by atoms with Crippen molar-refractivity contribution >= 4 is 15.7 Å². The zero-order chi connectivity index (χ0) is 13.3. The second-order valence-electron chi connectivity index (χ2n) is 4.51. The minimum atomic E-state index is -3.87. The van der Waals surface area contributed by atoms with Crippen LogP contribution in [-0.2, 0) is 10.0 Å². The first kappa shape index (κ1) is 13.3. The lowest BCUT2D eigenvalue weighted by Gasteiger charge is -2.32. The summed E-state index contributed by atoms with van der Waals surface area (Å²) in [6.07, 6.45) is 1.82. The average molecular weight is 273 g/mol. The first-order valence-electron chi connectivity index (χ1n) is 5.71. The van der Waals surface area contributed by atoms with Crippen molar-refractivity contribution in [1.82, 2.24) is 0 Å². The predicted molar refractivity (Wildman–Crippen MR) is 67.2 cm³/mol. The van der Waals surface area contributed by atoms with Crippen LogP contribution < -0.4 is 15.8 Å². The number of rotatable bonds is 2. The number of nitrogens with two attached hydrogens (primary N) is 2. The molecule has 1 aliphatic heterocycles. The molecule has 7 heteroatoms. The Bertz CT molecular complexity index is 547. The highest BCUT2D eigenvalue weighted by molar-refractivity contribution is 7.89. The Morgan fingerprint density at radius 3 is 2.67 bits per heavy atom. The maximum atomic E-state index is 13.9. The highest BCUT2D eigenvalue weighted by Gasteiger charge is 2.20. The van der Waals surface area contributed by atoms with E-state index in [-0.39, 0.29) is 10.9 Å². The minimum absolute atomic E-state index is 0.0241. The third-order valence-electron chi connectivity index (χ3n) is 3.05. The summed E-state index contributed by atoms with van der Waals surface area (Å²) in [6.45, 7) is 1.30. The number of hydrogen-bond donors (Lipinski definition) is 2. The zero-order valence-electron chi connectivity index (χ0n) is 9.84. The van der Waals surface area contributed by atoms with Crippen LogP contribution in [0.1, 0.15) is 12.8 Å². The number of benzene rings is 1. The summed E-state index contributed by atoms with van der Waals surface area (Å²) in [6, 6.07) is 3.72. The van der Waals surface area contributed by atoms with E-state index in [0.29, 0.717) is 12.2 Å². The lowest BCUT2D eigenvalue weighted by Crippen LogP contribution is -2.43. The summed E-state index contributed by atoms with van der Waals surface area (Å²) in [5.41, 5.74) is 6.20. The third kappa shape index (κ3) is 2.80. The Labute approximate surface area is 106 Å². The van der Waals surface area contributed by atoms with Crippen molar-refractivity contribution in [2.24, 2.45) is 10.9 Å². The number of nitrogens with zero attached hydrogens (tertiary/aromatic N) is 1. The molecule has 0 bridgehead atoms. The van der Waals surface area contributed by atoms with Crippen LogP contribution >= 0.6 is 0 Å². The fourth-order valence-electron chi connectivity index (χ4n) is 2.15. The van der Waals surface area contributed by atoms with Gasteiger partial charge in [0.25, 0.3) is 0 Å². The molecular weight excluding hydrogens is 257 g/mol. The van der Waals surface area contributed by atoms with Gasteiger partial charge in [0.1, 0.15) is 5.82 Å². The minimum Gasteiger partial charge on any atom is -0.368 e. The maximum absolute atomic E-state index is 13.9. The molecule has 0 radical (unpaired) electrons. The smallest absolute Gasteiger partial charge is 0.238 e. The molecule has 0 amide bonds. The molecule has 0 spiro atoms. The Hall–Kier alpha value is -1.18. The van der Waals surface area contributed by atoms with Crippen LogP contribution in [0.15, 0.2) is 23.1 Å². The number of sulfonamides is 1. The molecule has 2 rings (SSSR count). The molecule has 0 aliphatic carbocycles. The van der Waals surface area contributed by atoms with Crippen LogP contribution in [0.5, 0.6) is 0 Å². The normalized spacial score (nSPS) is 21.1. The van der Waals surface area contributed by atoms with Gasteiger partial charge in [0.2, 0.25) is 10.0 Å². The van der Waals surface area contributed by atoms with Gasteiger partial charge < -0.3 is 10.6 Å². The highest BCUT2D eigenvalue weighted by Crippen LogP contribution is 2.24. The van der Waals surface area contributed by atoms with Gasteiger partial charge in [-0.05, 0) is 31.0 Å². The summed E-state index contributed by atoms with van der Waals surface area (Å²) in [5.74, 6) is -0.587. The molecule has 1 aromatic carbocycles. The van der Waals surface area contributed by atoms with Gasteiger partial charge in [0.05, 0.1) is 10.6 Å². The van der Waals surface area contributed by atoms with E-state index in [4.69, 9.17) is 10.9 Å². The highest BCUT2D eigenvalue weighted by atomic mass is 32.2. The second kappa shape index (κ2) is 4.83. The predicted octanol–water partition coefficient (Wildman–Crippen LogP) is 0.401. The van der Waals surface area contributed by atoms with Crippen molar-refractivity contribution < 1.29 is 12.8 Å². The van der Waals surface area contributed by atoms with E-state index in [9.17, 15) is 12.8 Å². The van der Waals surface area contributed by atoms with E-state index in [0.717, 1.165) is 25.5 Å². The molecule has 1 aliphatic rings. The van der Waals surface area contributed by atoms with Gasteiger partial charge in [-0.3, -0.25) is 0 Å². The zero-order valence-corrected chi connectivity index (χ0v) is 10.7. The molecule has 1 heterocycles. The average Bonchev–Trinajstić information content (AvgIpc) is 2.27. The largest absolute Gasteiger partial charge is 0.368 e. The SMILES string of the molecule is N[C@@H]1CCCN(c2ccc(S(N)(=O)=O)cc2F)C1.